The van der Waals surface area contributed by atoms with Gasteiger partial charge in [-0.2, -0.15) is 0 Å². The highest BCUT2D eigenvalue weighted by molar-refractivity contribution is 7.98. The zero-order valence-corrected chi connectivity index (χ0v) is 17.3. The lowest BCUT2D eigenvalue weighted by Crippen LogP contribution is -2.00. The molecule has 0 aliphatic carbocycles. The van der Waals surface area contributed by atoms with Crippen molar-refractivity contribution in [3.05, 3.63) is 81.8 Å². The van der Waals surface area contributed by atoms with Crippen LogP contribution in [0.15, 0.2) is 66.2 Å². The summed E-state index contributed by atoms with van der Waals surface area (Å²) in [6.07, 6.45) is 5.11. The van der Waals surface area contributed by atoms with Crippen LogP contribution in [0.25, 0.3) is 17.1 Å². The molecular formula is C19H12Cl3N5S. The van der Waals surface area contributed by atoms with E-state index in [1.165, 1.54) is 11.8 Å². The molecule has 0 amide bonds. The number of halogens is 3. The lowest BCUT2D eigenvalue weighted by molar-refractivity contribution is 0.885. The van der Waals surface area contributed by atoms with E-state index in [1.54, 1.807) is 30.7 Å². The zero-order chi connectivity index (χ0) is 19.5. The molecule has 0 atom stereocenters. The molecule has 0 aliphatic rings. The molecular weight excluding hydrogens is 437 g/mol. The highest BCUT2D eigenvalue weighted by atomic mass is 35.5. The van der Waals surface area contributed by atoms with E-state index in [0.29, 0.717) is 31.9 Å². The highest BCUT2D eigenvalue weighted by Gasteiger charge is 2.17. The van der Waals surface area contributed by atoms with Crippen molar-refractivity contribution < 1.29 is 0 Å². The molecule has 0 unspecified atom stereocenters. The molecule has 0 N–H and O–H groups in total. The molecule has 9 heteroatoms. The Morgan fingerprint density at radius 2 is 1.79 bits per heavy atom. The lowest BCUT2D eigenvalue weighted by Gasteiger charge is -2.11. The minimum atomic E-state index is 0.455. The maximum absolute atomic E-state index is 6.24. The van der Waals surface area contributed by atoms with Crippen LogP contribution in [0.1, 0.15) is 5.56 Å². The van der Waals surface area contributed by atoms with Crippen molar-refractivity contribution in [3.63, 3.8) is 0 Å². The largest absolute Gasteiger partial charge is 0.270 e. The Kier molecular flexibility index (Phi) is 5.82. The summed E-state index contributed by atoms with van der Waals surface area (Å²) in [7, 11) is 0. The summed E-state index contributed by atoms with van der Waals surface area (Å²) in [5, 5.41) is 10.9. The van der Waals surface area contributed by atoms with Crippen molar-refractivity contribution in [2.45, 2.75) is 10.9 Å². The Balaban J connectivity index is 1.77. The Morgan fingerprint density at radius 1 is 0.929 bits per heavy atom. The van der Waals surface area contributed by atoms with Gasteiger partial charge in [0.05, 0.1) is 15.7 Å². The molecule has 4 aromatic rings. The number of benzene rings is 1. The van der Waals surface area contributed by atoms with Gasteiger partial charge in [-0.3, -0.25) is 9.55 Å². The van der Waals surface area contributed by atoms with E-state index in [-0.39, 0.29) is 0 Å². The number of pyridine rings is 2. The van der Waals surface area contributed by atoms with Crippen molar-refractivity contribution >= 4 is 46.6 Å². The van der Waals surface area contributed by atoms with Crippen LogP contribution in [0.2, 0.25) is 15.2 Å². The fourth-order valence-corrected chi connectivity index (χ4v) is 4.07. The van der Waals surface area contributed by atoms with Crippen LogP contribution in [0, 0.1) is 0 Å². The maximum atomic E-state index is 6.24. The van der Waals surface area contributed by atoms with Gasteiger partial charge in [0.15, 0.2) is 11.0 Å². The first-order valence-corrected chi connectivity index (χ1v) is 10.3. The second-order valence-electron chi connectivity index (χ2n) is 5.72. The molecule has 0 radical (unpaired) electrons. The van der Waals surface area contributed by atoms with Crippen LogP contribution >= 0.6 is 46.6 Å². The smallest absolute Gasteiger partial charge is 0.196 e. The molecule has 28 heavy (non-hydrogen) atoms. The number of hydrogen-bond acceptors (Lipinski definition) is 5. The van der Waals surface area contributed by atoms with Gasteiger partial charge in [0.25, 0.3) is 0 Å². The summed E-state index contributed by atoms with van der Waals surface area (Å²) in [5.74, 6) is 1.25. The number of rotatable bonds is 5. The van der Waals surface area contributed by atoms with Gasteiger partial charge in [0.2, 0.25) is 0 Å². The number of thioether (sulfide) groups is 1. The summed E-state index contributed by atoms with van der Waals surface area (Å²) in [4.78, 5) is 8.30. The van der Waals surface area contributed by atoms with Crippen LogP contribution in [0.5, 0.6) is 0 Å². The third-order valence-electron chi connectivity index (χ3n) is 3.91. The van der Waals surface area contributed by atoms with E-state index in [1.807, 2.05) is 34.9 Å². The highest BCUT2D eigenvalue weighted by Crippen LogP contribution is 2.32. The third kappa shape index (κ3) is 4.00. The van der Waals surface area contributed by atoms with Gasteiger partial charge in [-0.05, 0) is 42.0 Å². The van der Waals surface area contributed by atoms with Crippen LogP contribution in [-0.2, 0) is 5.75 Å². The van der Waals surface area contributed by atoms with Gasteiger partial charge in [-0.25, -0.2) is 4.98 Å². The predicted molar refractivity (Wildman–Crippen MR) is 113 cm³/mol. The fraction of sp³-hybridized carbons (Fsp3) is 0.0526. The zero-order valence-electron chi connectivity index (χ0n) is 14.3. The Morgan fingerprint density at radius 3 is 2.54 bits per heavy atom. The average molecular weight is 449 g/mol. The minimum absolute atomic E-state index is 0.455. The van der Waals surface area contributed by atoms with Gasteiger partial charge in [-0.15, -0.1) is 10.2 Å². The van der Waals surface area contributed by atoms with E-state index in [2.05, 4.69) is 20.2 Å². The van der Waals surface area contributed by atoms with Crippen molar-refractivity contribution in [2.24, 2.45) is 0 Å². The summed E-state index contributed by atoms with van der Waals surface area (Å²) >= 11 is 20.0. The maximum Gasteiger partial charge on any atom is 0.196 e. The van der Waals surface area contributed by atoms with Gasteiger partial charge >= 0.3 is 0 Å². The van der Waals surface area contributed by atoms with Gasteiger partial charge in [0, 0.05) is 29.9 Å². The molecule has 0 saturated heterocycles. The van der Waals surface area contributed by atoms with E-state index in [0.717, 1.165) is 16.8 Å². The molecule has 0 bridgehead atoms. The summed E-state index contributed by atoms with van der Waals surface area (Å²) in [6.45, 7) is 0. The monoisotopic (exact) mass is 447 g/mol. The van der Waals surface area contributed by atoms with Gasteiger partial charge in [0.1, 0.15) is 5.15 Å². The SMILES string of the molecule is Clc1ccc(-n2c(SCc3cccnc3Cl)nnc2-c2cccnc2)cc1Cl. The third-order valence-corrected chi connectivity index (χ3v) is 5.96. The molecule has 3 aromatic heterocycles. The second kappa shape index (κ2) is 8.49. The fourth-order valence-electron chi connectivity index (χ4n) is 2.57. The molecule has 0 fully saturated rings. The quantitative estimate of drug-likeness (QED) is 0.278. The van der Waals surface area contributed by atoms with Gasteiger partial charge < -0.3 is 0 Å². The van der Waals surface area contributed by atoms with E-state index in [4.69, 9.17) is 34.8 Å². The Labute approximate surface area is 180 Å². The summed E-state index contributed by atoms with van der Waals surface area (Å²) in [6, 6.07) is 13.0. The summed E-state index contributed by atoms with van der Waals surface area (Å²) in [5.41, 5.74) is 2.56. The molecule has 0 aliphatic heterocycles. The predicted octanol–water partition coefficient (Wildman–Crippen LogP) is 5.98. The number of aromatic nitrogens is 5. The molecule has 5 nitrogen and oxygen atoms in total. The average Bonchev–Trinajstić information content (AvgIpc) is 3.14. The Hall–Kier alpha value is -2.12. The normalized spacial score (nSPS) is 11.0. The van der Waals surface area contributed by atoms with E-state index < -0.39 is 0 Å². The minimum Gasteiger partial charge on any atom is -0.270 e. The van der Waals surface area contributed by atoms with Crippen molar-refractivity contribution in [2.75, 3.05) is 0 Å². The second-order valence-corrected chi connectivity index (χ2v) is 7.84. The topological polar surface area (TPSA) is 56.5 Å². The lowest BCUT2D eigenvalue weighted by atomic mass is 10.2. The molecule has 4 rings (SSSR count). The molecule has 3 heterocycles. The first-order valence-electron chi connectivity index (χ1n) is 8.17. The molecule has 140 valence electrons. The number of nitrogens with zero attached hydrogens (tertiary/aromatic N) is 5. The van der Waals surface area contributed by atoms with Crippen LogP contribution in [0.3, 0.4) is 0 Å². The van der Waals surface area contributed by atoms with Crippen LogP contribution in [0.4, 0.5) is 0 Å². The van der Waals surface area contributed by atoms with E-state index >= 15 is 0 Å². The first-order chi connectivity index (χ1) is 13.6. The van der Waals surface area contributed by atoms with Crippen LogP contribution in [-0.4, -0.2) is 24.7 Å². The number of hydrogen-bond donors (Lipinski definition) is 0. The van der Waals surface area contributed by atoms with Crippen LogP contribution < -0.4 is 0 Å². The first kappa shape index (κ1) is 19.2. The van der Waals surface area contributed by atoms with Crippen molar-refractivity contribution in [1.82, 2.24) is 24.7 Å². The molecule has 1 aromatic carbocycles. The Bertz CT molecular complexity index is 1120. The standard InChI is InChI=1S/C19H12Cl3N5S/c20-15-6-5-14(9-16(15)21)27-18(12-3-1-7-23-10-12)25-26-19(27)28-11-13-4-2-8-24-17(13)22/h1-10H,11H2. The van der Waals surface area contributed by atoms with Gasteiger partial charge in [-0.1, -0.05) is 52.6 Å². The van der Waals surface area contributed by atoms with Crippen molar-refractivity contribution in [1.29, 1.82) is 0 Å². The summed E-state index contributed by atoms with van der Waals surface area (Å²) < 4.78 is 1.92. The molecule has 0 spiro atoms. The molecule has 0 saturated carbocycles. The van der Waals surface area contributed by atoms with Crippen molar-refractivity contribution in [3.8, 4) is 17.1 Å². The van der Waals surface area contributed by atoms with E-state index in [9.17, 15) is 0 Å².